The van der Waals surface area contributed by atoms with Crippen LogP contribution in [0.3, 0.4) is 0 Å². The molecule has 2 aliphatic heterocycles. The molecule has 1 aromatic rings. The summed E-state index contributed by atoms with van der Waals surface area (Å²) in [6.07, 6.45) is 0.193. The monoisotopic (exact) mass is 306 g/mol. The molecule has 0 aromatic heterocycles. The molecule has 22 heavy (non-hydrogen) atoms. The first-order chi connectivity index (χ1) is 10.3. The summed E-state index contributed by atoms with van der Waals surface area (Å²) in [5, 5.41) is 12.3. The van der Waals surface area contributed by atoms with Crippen LogP contribution in [0.4, 0.5) is 10.1 Å². The van der Waals surface area contributed by atoms with E-state index in [2.05, 4.69) is 5.32 Å². The smallest absolute Gasteiger partial charge is 0.335 e. The van der Waals surface area contributed by atoms with Crippen LogP contribution in [0, 0.1) is 19.8 Å². The van der Waals surface area contributed by atoms with Gasteiger partial charge in [-0.3, -0.25) is 4.79 Å². The standard InChI is InChI=1S/C16H19FN2O3/c1-9-6-13(10(2)5-12(9)14(20)21)19-8-11-7-18-4-3-16(11,17)15(19)22/h5-6,11,18H,3-4,7-8H2,1-2H3,(H,20,21)/t11-,16+/m0/s1. The van der Waals surface area contributed by atoms with Crippen LogP contribution in [0.15, 0.2) is 12.1 Å². The third-order valence-corrected chi connectivity index (χ3v) is 4.77. The van der Waals surface area contributed by atoms with Crippen LogP contribution in [0.5, 0.6) is 0 Å². The number of fused-ring (bicyclic) bond motifs is 1. The van der Waals surface area contributed by atoms with Gasteiger partial charge in [-0.05, 0) is 43.7 Å². The second-order valence-electron chi connectivity index (χ2n) is 6.19. The van der Waals surface area contributed by atoms with Gasteiger partial charge in [-0.1, -0.05) is 0 Å². The lowest BCUT2D eigenvalue weighted by molar-refractivity contribution is -0.130. The van der Waals surface area contributed by atoms with Gasteiger partial charge in [0.25, 0.3) is 5.91 Å². The normalized spacial score (nSPS) is 27.9. The quantitative estimate of drug-likeness (QED) is 0.872. The number of carboxylic acids is 1. The number of piperidine rings is 1. The van der Waals surface area contributed by atoms with Gasteiger partial charge in [0.1, 0.15) is 0 Å². The number of rotatable bonds is 2. The van der Waals surface area contributed by atoms with Gasteiger partial charge in [0.05, 0.1) is 5.56 Å². The Morgan fingerprint density at radius 1 is 1.41 bits per heavy atom. The Labute approximate surface area is 128 Å². The molecule has 5 nitrogen and oxygen atoms in total. The predicted molar refractivity (Wildman–Crippen MR) is 80.0 cm³/mol. The molecule has 0 radical (unpaired) electrons. The Morgan fingerprint density at radius 2 is 2.14 bits per heavy atom. The molecule has 0 bridgehead atoms. The van der Waals surface area contributed by atoms with Crippen molar-refractivity contribution >= 4 is 17.6 Å². The van der Waals surface area contributed by atoms with Gasteiger partial charge in [0, 0.05) is 31.1 Å². The van der Waals surface area contributed by atoms with Crippen molar-refractivity contribution in [3.8, 4) is 0 Å². The molecule has 6 heteroatoms. The van der Waals surface area contributed by atoms with E-state index in [1.165, 1.54) is 4.90 Å². The third-order valence-electron chi connectivity index (χ3n) is 4.77. The zero-order valence-electron chi connectivity index (χ0n) is 12.6. The number of carboxylic acid groups (broad SMARTS) is 1. The van der Waals surface area contributed by atoms with Crippen molar-refractivity contribution in [3.63, 3.8) is 0 Å². The fourth-order valence-corrected chi connectivity index (χ4v) is 3.46. The van der Waals surface area contributed by atoms with Crippen molar-refractivity contribution in [1.82, 2.24) is 5.32 Å². The number of benzene rings is 1. The molecule has 0 saturated carbocycles. The maximum atomic E-state index is 15.0. The van der Waals surface area contributed by atoms with Crippen molar-refractivity contribution in [1.29, 1.82) is 0 Å². The van der Waals surface area contributed by atoms with Crippen LogP contribution in [-0.2, 0) is 4.79 Å². The Kier molecular flexibility index (Phi) is 3.44. The molecule has 3 rings (SSSR count). The number of nitrogens with one attached hydrogen (secondary N) is 1. The molecule has 2 saturated heterocycles. The van der Waals surface area contributed by atoms with Gasteiger partial charge >= 0.3 is 5.97 Å². The number of hydrogen-bond acceptors (Lipinski definition) is 3. The number of nitrogens with zero attached hydrogens (tertiary/aromatic N) is 1. The number of anilines is 1. The molecule has 0 unspecified atom stereocenters. The van der Waals surface area contributed by atoms with Crippen molar-refractivity contribution in [2.45, 2.75) is 25.9 Å². The Bertz CT molecular complexity index is 661. The fraction of sp³-hybridized carbons (Fsp3) is 0.500. The molecule has 2 heterocycles. The average molecular weight is 306 g/mol. The minimum atomic E-state index is -1.79. The van der Waals surface area contributed by atoms with E-state index >= 15 is 4.39 Å². The number of carbonyl (C=O) groups is 2. The first kappa shape index (κ1) is 15.0. The van der Waals surface area contributed by atoms with E-state index in [-0.39, 0.29) is 17.9 Å². The van der Waals surface area contributed by atoms with Crippen molar-refractivity contribution in [2.75, 3.05) is 24.5 Å². The summed E-state index contributed by atoms with van der Waals surface area (Å²) >= 11 is 0. The average Bonchev–Trinajstić information content (AvgIpc) is 2.73. The van der Waals surface area contributed by atoms with Crippen molar-refractivity contribution in [3.05, 3.63) is 28.8 Å². The highest BCUT2D eigenvalue weighted by atomic mass is 19.1. The number of halogens is 1. The highest BCUT2D eigenvalue weighted by molar-refractivity contribution is 6.03. The SMILES string of the molecule is Cc1cc(N2C[C@@H]3CNCC[C@]3(F)C2=O)c(C)cc1C(=O)O. The zero-order chi connectivity index (χ0) is 16.1. The zero-order valence-corrected chi connectivity index (χ0v) is 12.6. The van der Waals surface area contributed by atoms with E-state index in [1.807, 2.05) is 0 Å². The number of aromatic carboxylic acids is 1. The van der Waals surface area contributed by atoms with Gasteiger partial charge < -0.3 is 15.3 Å². The minimum Gasteiger partial charge on any atom is -0.478 e. The second kappa shape index (κ2) is 5.05. The Morgan fingerprint density at radius 3 is 2.77 bits per heavy atom. The Balaban J connectivity index is 2.00. The molecule has 2 atom stereocenters. The number of alkyl halides is 1. The summed E-state index contributed by atoms with van der Waals surface area (Å²) in [5.74, 6) is -1.85. The topological polar surface area (TPSA) is 69.6 Å². The van der Waals surface area contributed by atoms with Gasteiger partial charge in [0.15, 0.2) is 5.67 Å². The molecular weight excluding hydrogens is 287 g/mol. The first-order valence-electron chi connectivity index (χ1n) is 7.40. The molecule has 2 N–H and O–H groups in total. The summed E-state index contributed by atoms with van der Waals surface area (Å²) in [4.78, 5) is 25.2. The van der Waals surface area contributed by atoms with Crippen LogP contribution in [-0.4, -0.2) is 42.3 Å². The maximum Gasteiger partial charge on any atom is 0.335 e. The van der Waals surface area contributed by atoms with E-state index in [0.29, 0.717) is 36.4 Å². The van der Waals surface area contributed by atoms with Gasteiger partial charge in [-0.25, -0.2) is 9.18 Å². The lowest BCUT2D eigenvalue weighted by Gasteiger charge is -2.29. The molecule has 1 aromatic carbocycles. The Hall–Kier alpha value is -1.95. The largest absolute Gasteiger partial charge is 0.478 e. The summed E-state index contributed by atoms with van der Waals surface area (Å²) in [6, 6.07) is 3.22. The second-order valence-corrected chi connectivity index (χ2v) is 6.19. The van der Waals surface area contributed by atoms with E-state index in [9.17, 15) is 9.59 Å². The van der Waals surface area contributed by atoms with E-state index in [1.54, 1.807) is 26.0 Å². The third kappa shape index (κ3) is 2.09. The molecule has 2 aliphatic rings. The number of carbonyl (C=O) groups excluding carboxylic acids is 1. The molecular formula is C16H19FN2O3. The number of hydrogen-bond donors (Lipinski definition) is 2. The van der Waals surface area contributed by atoms with Crippen LogP contribution in [0.25, 0.3) is 0 Å². The number of amides is 1. The van der Waals surface area contributed by atoms with Crippen LogP contribution in [0.2, 0.25) is 0 Å². The molecule has 0 aliphatic carbocycles. The molecule has 2 fully saturated rings. The van der Waals surface area contributed by atoms with Crippen LogP contribution >= 0.6 is 0 Å². The maximum absolute atomic E-state index is 15.0. The highest BCUT2D eigenvalue weighted by Crippen LogP contribution is 2.40. The summed E-state index contributed by atoms with van der Waals surface area (Å²) in [5.41, 5.74) is 0.270. The minimum absolute atomic E-state index is 0.193. The lowest BCUT2D eigenvalue weighted by Crippen LogP contribution is -2.49. The lowest BCUT2D eigenvalue weighted by atomic mass is 9.86. The summed E-state index contributed by atoms with van der Waals surface area (Å²) < 4.78 is 15.0. The summed E-state index contributed by atoms with van der Waals surface area (Å²) in [7, 11) is 0. The summed E-state index contributed by atoms with van der Waals surface area (Å²) in [6.45, 7) is 4.76. The highest BCUT2D eigenvalue weighted by Gasteiger charge is 2.56. The van der Waals surface area contributed by atoms with E-state index in [0.717, 1.165) is 0 Å². The number of aryl methyl sites for hydroxylation is 2. The van der Waals surface area contributed by atoms with Crippen molar-refractivity contribution in [2.24, 2.45) is 5.92 Å². The predicted octanol–water partition coefficient (Wildman–Crippen LogP) is 1.67. The molecule has 118 valence electrons. The molecule has 1 amide bonds. The van der Waals surface area contributed by atoms with E-state index < -0.39 is 17.5 Å². The first-order valence-corrected chi connectivity index (χ1v) is 7.40. The van der Waals surface area contributed by atoms with Crippen LogP contribution in [0.1, 0.15) is 27.9 Å². The van der Waals surface area contributed by atoms with Crippen molar-refractivity contribution < 1.29 is 19.1 Å². The van der Waals surface area contributed by atoms with Gasteiger partial charge in [-0.2, -0.15) is 0 Å². The fourth-order valence-electron chi connectivity index (χ4n) is 3.46. The van der Waals surface area contributed by atoms with Gasteiger partial charge in [-0.15, -0.1) is 0 Å². The van der Waals surface area contributed by atoms with Gasteiger partial charge in [0.2, 0.25) is 0 Å². The van der Waals surface area contributed by atoms with E-state index in [4.69, 9.17) is 5.11 Å². The molecule has 0 spiro atoms. The van der Waals surface area contributed by atoms with Crippen LogP contribution < -0.4 is 10.2 Å².